The summed E-state index contributed by atoms with van der Waals surface area (Å²) in [6, 6.07) is 7.94. The lowest BCUT2D eigenvalue weighted by molar-refractivity contribution is 0.0600. The molecule has 1 N–H and O–H groups in total. The van der Waals surface area contributed by atoms with E-state index in [1.165, 1.54) is 17.6 Å². The van der Waals surface area contributed by atoms with E-state index in [0.717, 1.165) is 28.4 Å². The number of aryl methyl sites for hydroxylation is 2. The molecule has 3 nitrogen and oxygen atoms in total. The summed E-state index contributed by atoms with van der Waals surface area (Å²) in [4.78, 5) is 12.9. The van der Waals surface area contributed by atoms with Crippen LogP contribution >= 0.6 is 22.9 Å². The number of carbonyl (C=O) groups excluding carboxylic acids is 1. The topological polar surface area (TPSA) is 38.3 Å². The molecule has 2 aromatic rings. The SMILES string of the molecule is COC(=O)c1ccc(NC2CCc3sc(Cl)cc32)c(C)c1. The summed E-state index contributed by atoms with van der Waals surface area (Å²) < 4.78 is 5.59. The summed E-state index contributed by atoms with van der Waals surface area (Å²) in [5.41, 5.74) is 3.96. The normalized spacial score (nSPS) is 16.6. The van der Waals surface area contributed by atoms with Gasteiger partial charge in [-0.05, 0) is 55.2 Å². The number of ether oxygens (including phenoxy) is 1. The van der Waals surface area contributed by atoms with Crippen LogP contribution in [-0.4, -0.2) is 13.1 Å². The summed E-state index contributed by atoms with van der Waals surface area (Å²) >= 11 is 7.76. The summed E-state index contributed by atoms with van der Waals surface area (Å²) in [6.45, 7) is 1.99. The Labute approximate surface area is 132 Å². The zero-order chi connectivity index (χ0) is 15.0. The number of methoxy groups -OCH3 is 1. The Kier molecular flexibility index (Phi) is 3.91. The minimum Gasteiger partial charge on any atom is -0.465 e. The molecule has 0 bridgehead atoms. The highest BCUT2D eigenvalue weighted by Gasteiger charge is 2.25. The third-order valence-electron chi connectivity index (χ3n) is 3.82. The van der Waals surface area contributed by atoms with E-state index >= 15 is 0 Å². The van der Waals surface area contributed by atoms with E-state index in [0.29, 0.717) is 11.6 Å². The van der Waals surface area contributed by atoms with Crippen molar-refractivity contribution in [2.75, 3.05) is 12.4 Å². The molecule has 0 amide bonds. The van der Waals surface area contributed by atoms with E-state index in [1.54, 1.807) is 17.4 Å². The first-order valence-electron chi connectivity index (χ1n) is 6.82. The number of anilines is 1. The molecule has 1 aliphatic carbocycles. The van der Waals surface area contributed by atoms with Crippen LogP contribution in [0.1, 0.15) is 38.8 Å². The smallest absolute Gasteiger partial charge is 0.337 e. The maximum Gasteiger partial charge on any atom is 0.337 e. The van der Waals surface area contributed by atoms with Crippen molar-refractivity contribution in [2.24, 2.45) is 0 Å². The highest BCUT2D eigenvalue weighted by molar-refractivity contribution is 7.16. The molecular formula is C16H16ClNO2S. The van der Waals surface area contributed by atoms with Crippen LogP contribution in [0, 0.1) is 6.92 Å². The standard InChI is InChI=1S/C16H16ClNO2S/c1-9-7-10(16(19)20-2)3-4-12(9)18-13-5-6-14-11(13)8-15(17)21-14/h3-4,7-8,13,18H,5-6H2,1-2H3. The highest BCUT2D eigenvalue weighted by atomic mass is 35.5. The van der Waals surface area contributed by atoms with E-state index in [2.05, 4.69) is 11.4 Å². The number of thiophene rings is 1. The van der Waals surface area contributed by atoms with Gasteiger partial charge in [-0.2, -0.15) is 0 Å². The van der Waals surface area contributed by atoms with Gasteiger partial charge in [0, 0.05) is 10.6 Å². The fourth-order valence-corrected chi connectivity index (χ4v) is 4.10. The van der Waals surface area contributed by atoms with Crippen molar-refractivity contribution >= 4 is 34.6 Å². The van der Waals surface area contributed by atoms with Gasteiger partial charge in [0.05, 0.1) is 23.1 Å². The van der Waals surface area contributed by atoms with Crippen LogP contribution in [-0.2, 0) is 11.2 Å². The van der Waals surface area contributed by atoms with Gasteiger partial charge in [0.1, 0.15) is 0 Å². The van der Waals surface area contributed by atoms with Gasteiger partial charge in [-0.15, -0.1) is 11.3 Å². The van der Waals surface area contributed by atoms with Crippen LogP contribution in [0.4, 0.5) is 5.69 Å². The Morgan fingerprint density at radius 1 is 1.43 bits per heavy atom. The molecule has 1 atom stereocenters. The van der Waals surface area contributed by atoms with Gasteiger partial charge in [0.15, 0.2) is 0 Å². The number of rotatable bonds is 3. The molecule has 21 heavy (non-hydrogen) atoms. The molecule has 0 saturated heterocycles. The van der Waals surface area contributed by atoms with Crippen LogP contribution in [0.25, 0.3) is 0 Å². The minimum absolute atomic E-state index is 0.298. The van der Waals surface area contributed by atoms with E-state index in [4.69, 9.17) is 16.3 Å². The Balaban J connectivity index is 1.81. The van der Waals surface area contributed by atoms with E-state index in [9.17, 15) is 4.79 Å². The maximum absolute atomic E-state index is 11.5. The fraction of sp³-hybridized carbons (Fsp3) is 0.312. The fourth-order valence-electron chi connectivity index (χ4n) is 2.74. The van der Waals surface area contributed by atoms with Gasteiger partial charge in [0.2, 0.25) is 0 Å². The minimum atomic E-state index is -0.308. The van der Waals surface area contributed by atoms with Crippen molar-refractivity contribution in [3.63, 3.8) is 0 Å². The van der Waals surface area contributed by atoms with Crippen molar-refractivity contribution in [2.45, 2.75) is 25.8 Å². The Morgan fingerprint density at radius 2 is 2.24 bits per heavy atom. The van der Waals surface area contributed by atoms with E-state index < -0.39 is 0 Å². The predicted octanol–water partition coefficient (Wildman–Crippen LogP) is 4.60. The first kappa shape index (κ1) is 14.4. The number of fused-ring (bicyclic) bond motifs is 1. The van der Waals surface area contributed by atoms with Crippen LogP contribution in [0.15, 0.2) is 24.3 Å². The molecule has 5 heteroatoms. The molecule has 0 fully saturated rings. The lowest BCUT2D eigenvalue weighted by Crippen LogP contribution is -2.09. The molecule has 1 heterocycles. The number of carbonyl (C=O) groups is 1. The molecule has 0 aliphatic heterocycles. The number of halogens is 1. The van der Waals surface area contributed by atoms with Gasteiger partial charge in [0.25, 0.3) is 0 Å². The second kappa shape index (κ2) is 5.70. The molecule has 3 rings (SSSR count). The molecule has 1 unspecified atom stereocenters. The number of esters is 1. The summed E-state index contributed by atoms with van der Waals surface area (Å²) in [6.07, 6.45) is 2.15. The Hall–Kier alpha value is -1.52. The average Bonchev–Trinajstić information content (AvgIpc) is 3.00. The maximum atomic E-state index is 11.5. The molecule has 0 spiro atoms. The quantitative estimate of drug-likeness (QED) is 0.840. The number of hydrogen-bond donors (Lipinski definition) is 1. The van der Waals surface area contributed by atoms with Crippen LogP contribution in [0.2, 0.25) is 4.34 Å². The summed E-state index contributed by atoms with van der Waals surface area (Å²) in [5, 5.41) is 3.56. The van der Waals surface area contributed by atoms with Crippen LogP contribution in [0.3, 0.4) is 0 Å². The molecule has 1 aliphatic rings. The third-order valence-corrected chi connectivity index (χ3v) is 5.16. The van der Waals surface area contributed by atoms with Gasteiger partial charge in [-0.1, -0.05) is 11.6 Å². The molecule has 1 aromatic heterocycles. The van der Waals surface area contributed by atoms with Crippen molar-refractivity contribution < 1.29 is 9.53 Å². The van der Waals surface area contributed by atoms with Gasteiger partial charge >= 0.3 is 5.97 Å². The highest BCUT2D eigenvalue weighted by Crippen LogP contribution is 2.41. The number of benzene rings is 1. The average molecular weight is 322 g/mol. The van der Waals surface area contributed by atoms with Crippen LogP contribution < -0.4 is 5.32 Å². The Morgan fingerprint density at radius 3 is 2.95 bits per heavy atom. The van der Waals surface area contributed by atoms with Crippen molar-refractivity contribution in [1.82, 2.24) is 0 Å². The van der Waals surface area contributed by atoms with Gasteiger partial charge < -0.3 is 10.1 Å². The zero-order valence-electron chi connectivity index (χ0n) is 11.9. The Bertz CT molecular complexity index is 696. The van der Waals surface area contributed by atoms with E-state index in [1.807, 2.05) is 19.1 Å². The number of hydrogen-bond acceptors (Lipinski definition) is 4. The summed E-state index contributed by atoms with van der Waals surface area (Å²) in [7, 11) is 1.39. The molecule has 0 saturated carbocycles. The second-order valence-electron chi connectivity index (χ2n) is 5.19. The van der Waals surface area contributed by atoms with E-state index in [-0.39, 0.29) is 5.97 Å². The lowest BCUT2D eigenvalue weighted by Gasteiger charge is -2.17. The molecule has 1 aromatic carbocycles. The van der Waals surface area contributed by atoms with Crippen molar-refractivity contribution in [3.8, 4) is 0 Å². The molecular weight excluding hydrogens is 306 g/mol. The summed E-state index contributed by atoms with van der Waals surface area (Å²) in [5.74, 6) is -0.308. The van der Waals surface area contributed by atoms with Crippen LogP contribution in [0.5, 0.6) is 0 Å². The first-order valence-corrected chi connectivity index (χ1v) is 8.01. The second-order valence-corrected chi connectivity index (χ2v) is 6.95. The van der Waals surface area contributed by atoms with Gasteiger partial charge in [-0.3, -0.25) is 0 Å². The predicted molar refractivity (Wildman–Crippen MR) is 86.5 cm³/mol. The number of nitrogens with one attached hydrogen (secondary N) is 1. The molecule has 0 radical (unpaired) electrons. The molecule has 110 valence electrons. The van der Waals surface area contributed by atoms with Crippen molar-refractivity contribution in [1.29, 1.82) is 0 Å². The lowest BCUT2D eigenvalue weighted by atomic mass is 10.1. The van der Waals surface area contributed by atoms with Crippen molar-refractivity contribution in [3.05, 3.63) is 50.2 Å². The van der Waals surface area contributed by atoms with Gasteiger partial charge in [-0.25, -0.2) is 4.79 Å². The largest absolute Gasteiger partial charge is 0.465 e. The first-order chi connectivity index (χ1) is 10.1. The third kappa shape index (κ3) is 2.78. The monoisotopic (exact) mass is 321 g/mol. The zero-order valence-corrected chi connectivity index (χ0v) is 13.5.